The van der Waals surface area contributed by atoms with Gasteiger partial charge in [-0.2, -0.15) is 0 Å². The van der Waals surface area contributed by atoms with E-state index in [1.54, 1.807) is 57.6 Å². The molecule has 2 aliphatic rings. The summed E-state index contributed by atoms with van der Waals surface area (Å²) in [7, 11) is 5.13. The summed E-state index contributed by atoms with van der Waals surface area (Å²) < 4.78 is 32.1. The molecule has 0 aliphatic carbocycles. The Kier molecular flexibility index (Phi) is 16.6. The Balaban J connectivity index is 1.58. The molecule has 0 radical (unpaired) electrons. The second-order valence-corrected chi connectivity index (χ2v) is 17.3. The average molecular weight is 850 g/mol. The van der Waals surface area contributed by atoms with Crippen LogP contribution in [-0.2, 0) is 44.6 Å². The van der Waals surface area contributed by atoms with Gasteiger partial charge < -0.3 is 44.1 Å². The number of carbonyl (C=O) groups is 4. The minimum absolute atomic E-state index is 0.0174. The number of likely N-dealkylation sites (N-methyl/N-ethyl adjacent to an activating group) is 1. The molecular formula is C42H64ClN5O11. The standard InChI is InChI=1S/C42H64ClN5O11/c1-12-32-42(8,54)37(59-40(53)44-18-13-19-48-22-30(45-46-48)28-14-16-29(43)17-15-28)25(4)33(49)23(2)21-41(7,55-11)36(26(5)34(50)27(6)38(52)57-32)58-39-35(51)31(47(9)10)20-24(3)56-39/h14-17,22-27,31-32,35-37,39,51,54H,12-13,18-21H2,1-11H3,(H,44,53)/t23-,24+,25+,26+,27-,31-,32-,35+,36-,37-,39-,41-,42-/m1/s1. The molecule has 0 unspecified atom stereocenters. The van der Waals surface area contributed by atoms with Crippen LogP contribution in [0.2, 0.25) is 5.02 Å². The summed E-state index contributed by atoms with van der Waals surface area (Å²) in [4.78, 5) is 57.6. The SMILES string of the molecule is CC[C@H]1OC(=O)[C@H](C)C(=O)[C@H](C)[C@@H](O[C@H]2O[C@@H](C)C[C@@H](N(C)C)[C@@H]2O)[C@](C)(OC)C[C@@H](C)C(=O)[C@H](C)[C@@H](OC(=O)NCCCn2cc(-c3ccc(Cl)cc3)nn2)[C@]1(C)O. The smallest absolute Gasteiger partial charge is 0.407 e. The Labute approximate surface area is 352 Å². The summed E-state index contributed by atoms with van der Waals surface area (Å²) in [5, 5.41) is 35.2. The first-order valence-electron chi connectivity index (χ1n) is 20.5. The van der Waals surface area contributed by atoms with Crippen molar-refractivity contribution in [1.29, 1.82) is 0 Å². The second-order valence-electron chi connectivity index (χ2n) is 16.9. The van der Waals surface area contributed by atoms with Crippen molar-refractivity contribution >= 4 is 35.2 Å². The van der Waals surface area contributed by atoms with Crippen molar-refractivity contribution in [2.45, 2.75) is 142 Å². The van der Waals surface area contributed by atoms with E-state index in [1.807, 2.05) is 38.1 Å². The molecular weight excluding hydrogens is 786 g/mol. The van der Waals surface area contributed by atoms with Crippen molar-refractivity contribution in [1.82, 2.24) is 25.2 Å². The number of aliphatic hydroxyl groups excluding tert-OH is 1. The number of carbonyl (C=O) groups excluding carboxylic acids is 4. The van der Waals surface area contributed by atoms with Gasteiger partial charge in [-0.15, -0.1) is 5.10 Å². The number of alkyl carbamates (subject to hydrolysis) is 1. The first-order valence-corrected chi connectivity index (χ1v) is 20.8. The fraction of sp³-hybridized carbons (Fsp3) is 0.714. The van der Waals surface area contributed by atoms with Gasteiger partial charge in [0.1, 0.15) is 41.3 Å². The van der Waals surface area contributed by atoms with E-state index in [4.69, 9.17) is 35.3 Å². The van der Waals surface area contributed by atoms with Crippen LogP contribution in [0.25, 0.3) is 11.3 Å². The lowest BCUT2D eigenvalue weighted by molar-refractivity contribution is -0.295. The molecule has 0 saturated carbocycles. The average Bonchev–Trinajstić information content (AvgIpc) is 3.67. The molecule has 17 heteroatoms. The number of aliphatic hydroxyl groups is 2. The number of nitrogens with one attached hydrogen (secondary N) is 1. The number of rotatable bonds is 11. The number of amides is 1. The van der Waals surface area contributed by atoms with Gasteiger partial charge in [0.05, 0.1) is 29.9 Å². The third-order valence-corrected chi connectivity index (χ3v) is 12.3. The zero-order valence-corrected chi connectivity index (χ0v) is 37.0. The molecule has 2 aliphatic heterocycles. The van der Waals surface area contributed by atoms with Crippen LogP contribution in [0.1, 0.15) is 81.1 Å². The number of benzene rings is 1. The van der Waals surface area contributed by atoms with Crippen LogP contribution in [0.4, 0.5) is 4.79 Å². The zero-order valence-electron chi connectivity index (χ0n) is 36.2. The summed E-state index contributed by atoms with van der Waals surface area (Å²) in [5.74, 6) is -6.06. The van der Waals surface area contributed by atoms with Crippen molar-refractivity contribution in [2.75, 3.05) is 27.7 Å². The number of ether oxygens (including phenoxy) is 5. The molecule has 59 heavy (non-hydrogen) atoms. The number of methoxy groups -OCH3 is 1. The van der Waals surface area contributed by atoms with Gasteiger partial charge in [0.25, 0.3) is 0 Å². The van der Waals surface area contributed by atoms with Gasteiger partial charge in [-0.3, -0.25) is 19.1 Å². The number of cyclic esters (lactones) is 1. The highest BCUT2D eigenvalue weighted by Crippen LogP contribution is 2.39. The highest BCUT2D eigenvalue weighted by molar-refractivity contribution is 6.30. The van der Waals surface area contributed by atoms with E-state index in [2.05, 4.69) is 15.6 Å². The van der Waals surface area contributed by atoms with Gasteiger partial charge in [-0.1, -0.05) is 56.6 Å². The first kappa shape index (κ1) is 48.2. The van der Waals surface area contributed by atoms with E-state index >= 15 is 0 Å². The van der Waals surface area contributed by atoms with Crippen molar-refractivity contribution < 1.29 is 53.1 Å². The van der Waals surface area contributed by atoms with Crippen LogP contribution in [0.15, 0.2) is 30.5 Å². The summed E-state index contributed by atoms with van der Waals surface area (Å²) in [6, 6.07) is 6.90. The molecule has 1 aromatic heterocycles. The Hall–Kier alpha value is -3.51. The topological polar surface area (TPSA) is 201 Å². The van der Waals surface area contributed by atoms with E-state index in [0.717, 1.165) is 5.56 Å². The van der Waals surface area contributed by atoms with Gasteiger partial charge in [0.2, 0.25) is 0 Å². The van der Waals surface area contributed by atoms with Gasteiger partial charge in [-0.25, -0.2) is 4.79 Å². The molecule has 3 heterocycles. The monoisotopic (exact) mass is 849 g/mol. The number of nitrogens with zero attached hydrogens (tertiary/aromatic N) is 4. The molecule has 0 spiro atoms. The number of halogens is 1. The van der Waals surface area contributed by atoms with E-state index in [1.165, 1.54) is 21.0 Å². The van der Waals surface area contributed by atoms with Crippen LogP contribution < -0.4 is 5.32 Å². The molecule has 4 rings (SSSR count). The first-order chi connectivity index (χ1) is 27.6. The lowest BCUT2D eigenvalue weighted by atomic mass is 9.74. The predicted octanol–water partition coefficient (Wildman–Crippen LogP) is 4.46. The fourth-order valence-corrected chi connectivity index (χ4v) is 8.52. The molecule has 3 N–H and O–H groups in total. The lowest BCUT2D eigenvalue weighted by Gasteiger charge is -2.47. The quantitative estimate of drug-likeness (QED) is 0.163. The number of esters is 1. The van der Waals surface area contributed by atoms with Gasteiger partial charge >= 0.3 is 12.1 Å². The highest BCUT2D eigenvalue weighted by Gasteiger charge is 2.53. The zero-order chi connectivity index (χ0) is 44.0. The summed E-state index contributed by atoms with van der Waals surface area (Å²) in [6.45, 7) is 13.4. The van der Waals surface area contributed by atoms with Gasteiger partial charge in [-0.05, 0) is 79.6 Å². The van der Waals surface area contributed by atoms with E-state index in [-0.39, 0.29) is 37.3 Å². The molecule has 16 nitrogen and oxygen atoms in total. The third kappa shape index (κ3) is 11.5. The van der Waals surface area contributed by atoms with Crippen LogP contribution in [-0.4, -0.2) is 136 Å². The Morgan fingerprint density at radius 2 is 1.69 bits per heavy atom. The number of aryl methyl sites for hydroxylation is 1. The fourth-order valence-electron chi connectivity index (χ4n) is 8.39. The number of hydrogen-bond donors (Lipinski definition) is 3. The highest BCUT2D eigenvalue weighted by atomic mass is 35.5. The molecule has 2 fully saturated rings. The van der Waals surface area contributed by atoms with Crippen molar-refractivity contribution in [3.05, 3.63) is 35.5 Å². The Morgan fingerprint density at radius 1 is 1.05 bits per heavy atom. The normalized spacial score (nSPS) is 35.2. The predicted molar refractivity (Wildman–Crippen MR) is 218 cm³/mol. The molecule has 1 aromatic carbocycles. The van der Waals surface area contributed by atoms with Gasteiger partial charge in [0, 0.05) is 48.7 Å². The summed E-state index contributed by atoms with van der Waals surface area (Å²) in [5.41, 5.74) is -1.91. The van der Waals surface area contributed by atoms with E-state index < -0.39 is 83.4 Å². The maximum atomic E-state index is 14.4. The molecule has 1 amide bonds. The minimum atomic E-state index is -2.07. The van der Waals surface area contributed by atoms with E-state index in [9.17, 15) is 29.4 Å². The molecule has 2 saturated heterocycles. The van der Waals surface area contributed by atoms with Gasteiger partial charge in [0.15, 0.2) is 12.1 Å². The maximum absolute atomic E-state index is 14.4. The molecule has 2 aromatic rings. The van der Waals surface area contributed by atoms with Crippen molar-refractivity contribution in [3.8, 4) is 11.3 Å². The largest absolute Gasteiger partial charge is 0.459 e. The lowest BCUT2D eigenvalue weighted by Crippen LogP contribution is -2.60. The van der Waals surface area contributed by atoms with Crippen LogP contribution >= 0.6 is 11.6 Å². The summed E-state index contributed by atoms with van der Waals surface area (Å²) in [6.07, 6.45) is -4.46. The number of aromatic nitrogens is 3. The molecule has 330 valence electrons. The molecule has 13 atom stereocenters. The summed E-state index contributed by atoms with van der Waals surface area (Å²) >= 11 is 6.00. The van der Waals surface area contributed by atoms with Crippen LogP contribution in [0.5, 0.6) is 0 Å². The van der Waals surface area contributed by atoms with Crippen LogP contribution in [0.3, 0.4) is 0 Å². The van der Waals surface area contributed by atoms with Crippen molar-refractivity contribution in [2.24, 2.45) is 23.7 Å². The number of ketones is 2. The van der Waals surface area contributed by atoms with Crippen molar-refractivity contribution in [3.63, 3.8) is 0 Å². The Bertz CT molecular complexity index is 1740. The Morgan fingerprint density at radius 3 is 2.31 bits per heavy atom. The maximum Gasteiger partial charge on any atom is 0.407 e. The van der Waals surface area contributed by atoms with E-state index in [0.29, 0.717) is 30.1 Å². The molecule has 0 bridgehead atoms. The number of hydrogen-bond acceptors (Lipinski definition) is 14. The third-order valence-electron chi connectivity index (χ3n) is 12.0. The van der Waals surface area contributed by atoms with Crippen LogP contribution in [0, 0.1) is 23.7 Å². The number of Topliss-reactive ketones (excluding diaryl/α,β-unsaturated/α-hetero) is 2. The second kappa shape index (κ2) is 20.4. The minimum Gasteiger partial charge on any atom is -0.459 e.